The lowest BCUT2D eigenvalue weighted by Gasteiger charge is -2.08. The number of aliphatic hydroxyl groups is 1. The predicted molar refractivity (Wildman–Crippen MR) is 69.7 cm³/mol. The van der Waals surface area contributed by atoms with Gasteiger partial charge < -0.3 is 21.7 Å². The van der Waals surface area contributed by atoms with Gasteiger partial charge in [-0.1, -0.05) is 13.3 Å². The Morgan fingerprint density at radius 2 is 1.82 bits per heavy atom. The molecule has 0 radical (unpaired) electrons. The van der Waals surface area contributed by atoms with Crippen molar-refractivity contribution in [3.63, 3.8) is 0 Å². The lowest BCUT2D eigenvalue weighted by molar-refractivity contribution is -0.137. The van der Waals surface area contributed by atoms with E-state index in [4.69, 9.17) is 21.7 Å². The number of aliphatic hydroxyl groups excluding tert-OH is 1. The smallest absolute Gasteiger partial charge is 0.303 e. The Bertz CT molecular complexity index is 158. The molecule has 0 aliphatic heterocycles. The van der Waals surface area contributed by atoms with E-state index in [0.29, 0.717) is 13.0 Å². The third-order valence-corrected chi connectivity index (χ3v) is 2.26. The van der Waals surface area contributed by atoms with Gasteiger partial charge >= 0.3 is 5.97 Å². The summed E-state index contributed by atoms with van der Waals surface area (Å²) in [6.45, 7) is 2.94. The van der Waals surface area contributed by atoms with Crippen molar-refractivity contribution in [2.24, 2.45) is 11.5 Å². The maximum absolute atomic E-state index is 9.76. The van der Waals surface area contributed by atoms with Crippen molar-refractivity contribution in [1.29, 1.82) is 0 Å². The number of nitrogens with two attached hydrogens (primary N) is 2. The average Bonchev–Trinajstić information content (AvgIpc) is 2.31. The second-order valence-corrected chi connectivity index (χ2v) is 4.05. The molecule has 0 amide bonds. The predicted octanol–water partition coefficient (Wildman–Crippen LogP) is 1.09. The Morgan fingerprint density at radius 1 is 1.24 bits per heavy atom. The molecule has 5 nitrogen and oxygen atoms in total. The molecule has 0 aliphatic carbocycles. The molecule has 0 saturated carbocycles. The molecule has 0 bridgehead atoms. The number of carboxylic acids is 1. The first-order chi connectivity index (χ1) is 8.08. The summed E-state index contributed by atoms with van der Waals surface area (Å²) >= 11 is 0. The van der Waals surface area contributed by atoms with Crippen LogP contribution >= 0.6 is 0 Å². The van der Waals surface area contributed by atoms with Gasteiger partial charge in [0.2, 0.25) is 0 Å². The second kappa shape index (κ2) is 15.4. The summed E-state index contributed by atoms with van der Waals surface area (Å²) in [6.07, 6.45) is 5.78. The Morgan fingerprint density at radius 3 is 2.18 bits per heavy atom. The van der Waals surface area contributed by atoms with Crippen LogP contribution in [0.5, 0.6) is 0 Å². The minimum atomic E-state index is -0.693. The van der Waals surface area contributed by atoms with Gasteiger partial charge in [-0.15, -0.1) is 0 Å². The van der Waals surface area contributed by atoms with Crippen LogP contribution in [0.25, 0.3) is 0 Å². The van der Waals surface area contributed by atoms with Crippen molar-refractivity contribution in [3.8, 4) is 0 Å². The topological polar surface area (TPSA) is 110 Å². The molecule has 5 heteroatoms. The SMILES string of the molecule is CCCCC(=O)O.NCCCC(N)CCCO. The summed E-state index contributed by atoms with van der Waals surface area (Å²) in [5.41, 5.74) is 11.0. The number of unbranched alkanes of at least 4 members (excludes halogenated alkanes) is 1. The van der Waals surface area contributed by atoms with Crippen LogP contribution in [0.4, 0.5) is 0 Å². The Kier molecular flexibility index (Phi) is 16.9. The van der Waals surface area contributed by atoms with Crippen LogP contribution in [0, 0.1) is 0 Å². The normalized spacial score (nSPS) is 11.5. The van der Waals surface area contributed by atoms with Crippen LogP contribution in [-0.4, -0.2) is 35.4 Å². The summed E-state index contributed by atoms with van der Waals surface area (Å²) in [5, 5.41) is 16.5. The molecule has 0 aromatic carbocycles. The van der Waals surface area contributed by atoms with Gasteiger partial charge in [-0.3, -0.25) is 4.79 Å². The molecule has 0 fully saturated rings. The molecular formula is C12H28N2O3. The van der Waals surface area contributed by atoms with Crippen molar-refractivity contribution in [3.05, 3.63) is 0 Å². The van der Waals surface area contributed by atoms with Gasteiger partial charge in [0.15, 0.2) is 0 Å². The zero-order chi connectivity index (χ0) is 13.5. The first-order valence-corrected chi connectivity index (χ1v) is 6.36. The molecule has 6 N–H and O–H groups in total. The highest BCUT2D eigenvalue weighted by atomic mass is 16.4. The van der Waals surface area contributed by atoms with Gasteiger partial charge in [0.1, 0.15) is 0 Å². The van der Waals surface area contributed by atoms with E-state index in [0.717, 1.165) is 38.5 Å². The van der Waals surface area contributed by atoms with Crippen LogP contribution in [0.1, 0.15) is 51.9 Å². The highest BCUT2D eigenvalue weighted by Gasteiger charge is 1.99. The van der Waals surface area contributed by atoms with Crippen molar-refractivity contribution >= 4 is 5.97 Å². The monoisotopic (exact) mass is 248 g/mol. The molecule has 0 rings (SSSR count). The fourth-order valence-corrected chi connectivity index (χ4v) is 1.21. The van der Waals surface area contributed by atoms with Gasteiger partial charge in [0.05, 0.1) is 0 Å². The lowest BCUT2D eigenvalue weighted by Crippen LogP contribution is -2.21. The minimum Gasteiger partial charge on any atom is -0.481 e. The molecule has 0 aromatic rings. The first-order valence-electron chi connectivity index (χ1n) is 6.36. The highest BCUT2D eigenvalue weighted by Crippen LogP contribution is 2.00. The van der Waals surface area contributed by atoms with Crippen molar-refractivity contribution < 1.29 is 15.0 Å². The summed E-state index contributed by atoms with van der Waals surface area (Å²) in [4.78, 5) is 9.76. The van der Waals surface area contributed by atoms with Crippen molar-refractivity contribution in [2.45, 2.75) is 57.9 Å². The third-order valence-electron chi connectivity index (χ3n) is 2.26. The number of hydrogen-bond donors (Lipinski definition) is 4. The van der Waals surface area contributed by atoms with Crippen LogP contribution in [0.15, 0.2) is 0 Å². The maximum atomic E-state index is 9.76. The zero-order valence-electron chi connectivity index (χ0n) is 10.9. The van der Waals surface area contributed by atoms with Gasteiger partial charge in [0, 0.05) is 19.1 Å². The molecular weight excluding hydrogens is 220 g/mol. The standard InChI is InChI=1S/C7H18N2O.C5H10O2/c8-5-1-3-7(9)4-2-6-10;1-2-3-4-5(6)7/h7,10H,1-6,8-9H2;2-4H2,1H3,(H,6,7). The second-order valence-electron chi connectivity index (χ2n) is 4.05. The van der Waals surface area contributed by atoms with Crippen LogP contribution in [-0.2, 0) is 4.79 Å². The fourth-order valence-electron chi connectivity index (χ4n) is 1.21. The van der Waals surface area contributed by atoms with Gasteiger partial charge in [-0.2, -0.15) is 0 Å². The van der Waals surface area contributed by atoms with E-state index in [1.165, 1.54) is 0 Å². The van der Waals surface area contributed by atoms with Crippen LogP contribution < -0.4 is 11.5 Å². The molecule has 1 unspecified atom stereocenters. The van der Waals surface area contributed by atoms with Crippen molar-refractivity contribution in [1.82, 2.24) is 0 Å². The first kappa shape index (κ1) is 18.7. The van der Waals surface area contributed by atoms with E-state index in [9.17, 15) is 4.79 Å². The zero-order valence-corrected chi connectivity index (χ0v) is 10.9. The van der Waals surface area contributed by atoms with E-state index in [1.807, 2.05) is 6.92 Å². The molecule has 0 spiro atoms. The molecule has 0 saturated heterocycles. The molecule has 17 heavy (non-hydrogen) atoms. The summed E-state index contributed by atoms with van der Waals surface area (Å²) in [7, 11) is 0. The lowest BCUT2D eigenvalue weighted by atomic mass is 10.1. The third kappa shape index (κ3) is 21.2. The van der Waals surface area contributed by atoms with E-state index < -0.39 is 5.97 Å². The van der Waals surface area contributed by atoms with Gasteiger partial charge in [-0.05, 0) is 38.6 Å². The number of aliphatic carboxylic acids is 1. The van der Waals surface area contributed by atoms with Crippen LogP contribution in [0.2, 0.25) is 0 Å². The molecule has 104 valence electrons. The Labute approximate surface area is 104 Å². The fraction of sp³-hybridized carbons (Fsp3) is 0.917. The Balaban J connectivity index is 0. The van der Waals surface area contributed by atoms with Gasteiger partial charge in [0.25, 0.3) is 0 Å². The summed E-state index contributed by atoms with van der Waals surface area (Å²) in [5.74, 6) is -0.693. The van der Waals surface area contributed by atoms with E-state index in [2.05, 4.69) is 0 Å². The summed E-state index contributed by atoms with van der Waals surface area (Å²) < 4.78 is 0. The maximum Gasteiger partial charge on any atom is 0.303 e. The number of carboxylic acid groups (broad SMARTS) is 1. The summed E-state index contributed by atoms with van der Waals surface area (Å²) in [6, 6.07) is 0.232. The van der Waals surface area contributed by atoms with E-state index in [-0.39, 0.29) is 12.6 Å². The Hall–Kier alpha value is -0.650. The van der Waals surface area contributed by atoms with Gasteiger partial charge in [-0.25, -0.2) is 0 Å². The highest BCUT2D eigenvalue weighted by molar-refractivity contribution is 5.66. The largest absolute Gasteiger partial charge is 0.481 e. The van der Waals surface area contributed by atoms with Crippen LogP contribution in [0.3, 0.4) is 0 Å². The van der Waals surface area contributed by atoms with E-state index >= 15 is 0 Å². The quantitative estimate of drug-likeness (QED) is 0.488. The number of carbonyl (C=O) groups is 1. The number of rotatable bonds is 9. The van der Waals surface area contributed by atoms with Crippen molar-refractivity contribution in [2.75, 3.05) is 13.2 Å². The number of hydrogen-bond acceptors (Lipinski definition) is 4. The average molecular weight is 248 g/mol. The van der Waals surface area contributed by atoms with E-state index in [1.54, 1.807) is 0 Å². The molecule has 1 atom stereocenters. The minimum absolute atomic E-state index is 0.232. The molecule has 0 aromatic heterocycles. The molecule has 0 aliphatic rings. The molecule has 0 heterocycles.